The summed E-state index contributed by atoms with van der Waals surface area (Å²) < 4.78 is 0. The molecule has 0 saturated carbocycles. The molecule has 0 radical (unpaired) electrons. The van der Waals surface area contributed by atoms with Crippen LogP contribution in [0.25, 0.3) is 0 Å². The summed E-state index contributed by atoms with van der Waals surface area (Å²) in [6.07, 6.45) is 18.7. The van der Waals surface area contributed by atoms with Gasteiger partial charge in [0.2, 0.25) is 0 Å². The fraction of sp³-hybridized carbons (Fsp3) is 0.696. The number of carbonyl (C=O) groups excluding carboxylic acids is 1. The molecule has 1 aromatic rings. The number of benzene rings is 1. The third kappa shape index (κ3) is 14.1. The van der Waals surface area contributed by atoms with Gasteiger partial charge in [0.25, 0.3) is 0 Å². The monoisotopic (exact) mass is 376 g/mol. The van der Waals surface area contributed by atoms with E-state index < -0.39 is 0 Å². The first-order valence-corrected chi connectivity index (χ1v) is 11.1. The summed E-state index contributed by atoms with van der Waals surface area (Å²) in [5.41, 5.74) is 0.686. The number of unbranched alkanes of at least 4 members (excludes halogenated alkanes) is 13. The van der Waals surface area contributed by atoms with Gasteiger partial charge in [0.1, 0.15) is 5.75 Å². The zero-order chi connectivity index (χ0) is 19.6. The van der Waals surface area contributed by atoms with Crippen molar-refractivity contribution >= 4 is 11.7 Å². The van der Waals surface area contributed by atoms with Crippen molar-refractivity contribution in [1.82, 2.24) is 5.32 Å². The molecule has 0 aliphatic carbocycles. The third-order valence-electron chi connectivity index (χ3n) is 4.94. The number of carbonyl (C=O) groups is 1. The average Bonchev–Trinajstić information content (AvgIpc) is 2.66. The number of nitrogens with one attached hydrogen (secondary N) is 2. The smallest absolute Gasteiger partial charge is 0.319 e. The van der Waals surface area contributed by atoms with Crippen molar-refractivity contribution in [2.24, 2.45) is 0 Å². The Labute approximate surface area is 166 Å². The number of phenolic OH excluding ortho intramolecular Hbond substituents is 1. The van der Waals surface area contributed by atoms with Crippen LogP contribution in [0.5, 0.6) is 5.75 Å². The molecule has 0 fully saturated rings. The fourth-order valence-electron chi connectivity index (χ4n) is 3.24. The van der Waals surface area contributed by atoms with Gasteiger partial charge in [-0.05, 0) is 30.7 Å². The predicted octanol–water partition coefficient (Wildman–Crippen LogP) is 7.00. The van der Waals surface area contributed by atoms with Crippen LogP contribution in [-0.4, -0.2) is 17.7 Å². The Bertz CT molecular complexity index is 474. The highest BCUT2D eigenvalue weighted by Crippen LogP contribution is 2.14. The SMILES string of the molecule is CCCCCCCCCCCCCCCCNC(=O)Nc1ccc(O)cc1. The van der Waals surface area contributed by atoms with E-state index in [9.17, 15) is 9.90 Å². The lowest BCUT2D eigenvalue weighted by Crippen LogP contribution is -2.29. The molecule has 0 spiro atoms. The number of rotatable bonds is 16. The molecule has 0 aromatic heterocycles. The van der Waals surface area contributed by atoms with Gasteiger partial charge in [-0.3, -0.25) is 0 Å². The Morgan fingerprint density at radius 2 is 1.19 bits per heavy atom. The standard InChI is InChI=1S/C23H40N2O2/c1-2-3-4-5-6-7-8-9-10-11-12-13-14-15-20-24-23(27)25-21-16-18-22(26)19-17-21/h16-19,26H,2-15,20H2,1H3,(H2,24,25,27). The fourth-order valence-corrected chi connectivity index (χ4v) is 3.24. The molecule has 0 heterocycles. The van der Waals surface area contributed by atoms with Crippen LogP contribution < -0.4 is 10.6 Å². The van der Waals surface area contributed by atoms with E-state index in [1.165, 1.54) is 83.5 Å². The maximum absolute atomic E-state index is 11.7. The number of anilines is 1. The van der Waals surface area contributed by atoms with Crippen LogP contribution in [0.2, 0.25) is 0 Å². The van der Waals surface area contributed by atoms with Gasteiger partial charge in [0.15, 0.2) is 0 Å². The average molecular weight is 377 g/mol. The van der Waals surface area contributed by atoms with Gasteiger partial charge in [0, 0.05) is 12.2 Å². The minimum Gasteiger partial charge on any atom is -0.508 e. The number of phenols is 1. The first kappa shape index (κ1) is 23.3. The number of amides is 2. The zero-order valence-corrected chi connectivity index (χ0v) is 17.3. The van der Waals surface area contributed by atoms with Crippen LogP contribution in [0.1, 0.15) is 96.8 Å². The summed E-state index contributed by atoms with van der Waals surface area (Å²) in [6.45, 7) is 2.98. The number of hydrogen-bond acceptors (Lipinski definition) is 2. The summed E-state index contributed by atoms with van der Waals surface area (Å²) in [6, 6.07) is 6.30. The second-order valence-electron chi connectivity index (χ2n) is 7.52. The molecule has 0 saturated heterocycles. The maximum Gasteiger partial charge on any atom is 0.319 e. The summed E-state index contributed by atoms with van der Waals surface area (Å²) in [5.74, 6) is 0.198. The predicted molar refractivity (Wildman–Crippen MR) is 115 cm³/mol. The Morgan fingerprint density at radius 1 is 0.741 bits per heavy atom. The van der Waals surface area contributed by atoms with Crippen LogP contribution in [0.15, 0.2) is 24.3 Å². The molecule has 0 unspecified atom stereocenters. The van der Waals surface area contributed by atoms with E-state index >= 15 is 0 Å². The topological polar surface area (TPSA) is 61.4 Å². The molecule has 4 heteroatoms. The highest BCUT2D eigenvalue weighted by Gasteiger charge is 2.01. The van der Waals surface area contributed by atoms with Gasteiger partial charge >= 0.3 is 6.03 Å². The van der Waals surface area contributed by atoms with Crippen molar-refractivity contribution in [2.75, 3.05) is 11.9 Å². The van der Waals surface area contributed by atoms with Gasteiger partial charge in [-0.15, -0.1) is 0 Å². The van der Waals surface area contributed by atoms with Crippen molar-refractivity contribution in [1.29, 1.82) is 0 Å². The molecule has 1 rings (SSSR count). The lowest BCUT2D eigenvalue weighted by atomic mass is 10.0. The lowest BCUT2D eigenvalue weighted by Gasteiger charge is -2.07. The number of urea groups is 1. The van der Waals surface area contributed by atoms with Gasteiger partial charge in [0.05, 0.1) is 0 Å². The molecule has 0 atom stereocenters. The van der Waals surface area contributed by atoms with Crippen LogP contribution in [0.3, 0.4) is 0 Å². The first-order chi connectivity index (χ1) is 13.2. The molecule has 4 nitrogen and oxygen atoms in total. The van der Waals surface area contributed by atoms with Gasteiger partial charge in [-0.25, -0.2) is 4.79 Å². The molecule has 2 amide bonds. The van der Waals surface area contributed by atoms with E-state index in [1.807, 2.05) is 0 Å². The Balaban J connectivity index is 1.81. The highest BCUT2D eigenvalue weighted by atomic mass is 16.3. The Hall–Kier alpha value is -1.71. The molecule has 1 aromatic carbocycles. The van der Waals surface area contributed by atoms with E-state index in [1.54, 1.807) is 24.3 Å². The van der Waals surface area contributed by atoms with Gasteiger partial charge in [-0.2, -0.15) is 0 Å². The van der Waals surface area contributed by atoms with E-state index in [4.69, 9.17) is 0 Å². The van der Waals surface area contributed by atoms with Crippen LogP contribution in [0, 0.1) is 0 Å². The summed E-state index contributed by atoms with van der Waals surface area (Å²) in [7, 11) is 0. The maximum atomic E-state index is 11.7. The second kappa shape index (κ2) is 16.5. The summed E-state index contributed by atoms with van der Waals surface area (Å²) >= 11 is 0. The van der Waals surface area contributed by atoms with E-state index in [0.29, 0.717) is 12.2 Å². The molecule has 27 heavy (non-hydrogen) atoms. The molecule has 3 N–H and O–H groups in total. The highest BCUT2D eigenvalue weighted by molar-refractivity contribution is 5.89. The van der Waals surface area contributed by atoms with Crippen molar-refractivity contribution in [3.05, 3.63) is 24.3 Å². The molecule has 154 valence electrons. The van der Waals surface area contributed by atoms with Gasteiger partial charge in [-0.1, -0.05) is 90.4 Å². The summed E-state index contributed by atoms with van der Waals surface area (Å²) in [5, 5.41) is 14.8. The Kier molecular flexibility index (Phi) is 14.2. The number of hydrogen-bond donors (Lipinski definition) is 3. The first-order valence-electron chi connectivity index (χ1n) is 11.1. The molecule has 0 bridgehead atoms. The second-order valence-corrected chi connectivity index (χ2v) is 7.52. The van der Waals surface area contributed by atoms with Crippen molar-refractivity contribution in [3.63, 3.8) is 0 Å². The van der Waals surface area contributed by atoms with Crippen molar-refractivity contribution < 1.29 is 9.90 Å². The molecule has 0 aliphatic rings. The third-order valence-corrected chi connectivity index (χ3v) is 4.94. The molecular formula is C23H40N2O2. The minimum absolute atomic E-state index is 0.185. The molecule has 0 aliphatic heterocycles. The number of aromatic hydroxyl groups is 1. The van der Waals surface area contributed by atoms with Crippen molar-refractivity contribution in [2.45, 2.75) is 96.8 Å². The van der Waals surface area contributed by atoms with Gasteiger partial charge < -0.3 is 15.7 Å². The van der Waals surface area contributed by atoms with Crippen molar-refractivity contribution in [3.8, 4) is 5.75 Å². The van der Waals surface area contributed by atoms with E-state index in [2.05, 4.69) is 17.6 Å². The zero-order valence-electron chi connectivity index (χ0n) is 17.3. The lowest BCUT2D eigenvalue weighted by molar-refractivity contribution is 0.252. The quantitative estimate of drug-likeness (QED) is 0.215. The van der Waals surface area contributed by atoms with Crippen LogP contribution in [0.4, 0.5) is 10.5 Å². The van der Waals surface area contributed by atoms with Crippen LogP contribution >= 0.6 is 0 Å². The normalized spacial score (nSPS) is 10.7. The van der Waals surface area contributed by atoms with Crippen LogP contribution in [-0.2, 0) is 0 Å². The van der Waals surface area contributed by atoms with E-state index in [-0.39, 0.29) is 11.8 Å². The Morgan fingerprint density at radius 3 is 1.67 bits per heavy atom. The summed E-state index contributed by atoms with van der Waals surface area (Å²) in [4.78, 5) is 11.7. The molecular weight excluding hydrogens is 336 g/mol. The largest absolute Gasteiger partial charge is 0.508 e. The van der Waals surface area contributed by atoms with E-state index in [0.717, 1.165) is 6.42 Å². The minimum atomic E-state index is -0.185.